The average molecular weight is 402 g/mol. The summed E-state index contributed by atoms with van der Waals surface area (Å²) in [6.07, 6.45) is 4.47. The van der Waals surface area contributed by atoms with Crippen molar-refractivity contribution in [1.29, 1.82) is 0 Å². The van der Waals surface area contributed by atoms with Crippen LogP contribution in [0.2, 0.25) is 0 Å². The predicted octanol–water partition coefficient (Wildman–Crippen LogP) is 2.47. The molecule has 4 rings (SSSR count). The molecule has 1 aliphatic carbocycles. The Labute approximate surface area is 174 Å². The lowest BCUT2D eigenvalue weighted by Crippen LogP contribution is -2.39. The quantitative estimate of drug-likeness (QED) is 0.759. The molecule has 6 heteroatoms. The number of ether oxygens (including phenoxy) is 2. The number of piperidine rings is 1. The van der Waals surface area contributed by atoms with Crippen LogP contribution in [0.15, 0.2) is 18.2 Å². The van der Waals surface area contributed by atoms with Gasteiger partial charge in [0.05, 0.1) is 14.2 Å². The van der Waals surface area contributed by atoms with Gasteiger partial charge in [-0.1, -0.05) is 0 Å². The molecule has 2 aliphatic heterocycles. The van der Waals surface area contributed by atoms with E-state index in [1.165, 1.54) is 5.56 Å². The Morgan fingerprint density at radius 1 is 1.00 bits per heavy atom. The molecule has 2 heterocycles. The highest BCUT2D eigenvalue weighted by Gasteiger charge is 2.59. The van der Waals surface area contributed by atoms with Crippen molar-refractivity contribution in [3.8, 4) is 11.5 Å². The van der Waals surface area contributed by atoms with Crippen LogP contribution >= 0.6 is 0 Å². The van der Waals surface area contributed by atoms with Crippen LogP contribution in [0.1, 0.15) is 31.2 Å². The van der Waals surface area contributed by atoms with Crippen molar-refractivity contribution in [1.82, 2.24) is 14.7 Å². The summed E-state index contributed by atoms with van der Waals surface area (Å²) in [6.45, 7) is 6.96. The number of benzene rings is 1. The van der Waals surface area contributed by atoms with Gasteiger partial charge in [0.2, 0.25) is 5.91 Å². The number of carbonyl (C=O) groups excluding carboxylic acids is 1. The zero-order chi connectivity index (χ0) is 20.4. The Morgan fingerprint density at radius 2 is 1.69 bits per heavy atom. The molecule has 2 saturated heterocycles. The lowest BCUT2D eigenvalue weighted by molar-refractivity contribution is -0.133. The summed E-state index contributed by atoms with van der Waals surface area (Å²) in [4.78, 5) is 20.0. The smallest absolute Gasteiger partial charge is 0.226 e. The Hall–Kier alpha value is -1.79. The molecule has 0 aromatic heterocycles. The summed E-state index contributed by atoms with van der Waals surface area (Å²) in [7, 11) is 5.53. The van der Waals surface area contributed by atoms with E-state index in [0.29, 0.717) is 5.91 Å². The van der Waals surface area contributed by atoms with E-state index in [1.807, 2.05) is 6.07 Å². The Morgan fingerprint density at radius 3 is 2.34 bits per heavy atom. The number of likely N-dealkylation sites (tertiary alicyclic amines) is 1. The molecule has 1 atom stereocenters. The van der Waals surface area contributed by atoms with Crippen molar-refractivity contribution in [2.45, 2.75) is 32.2 Å². The number of rotatable bonds is 5. The highest BCUT2D eigenvalue weighted by molar-refractivity contribution is 5.82. The molecule has 3 aliphatic rings. The van der Waals surface area contributed by atoms with Gasteiger partial charge in [-0.15, -0.1) is 0 Å². The molecule has 160 valence electrons. The standard InChI is InChI=1S/C23H35N3O3/c1-24-7-4-8-26(12-11-24)22(27)21-16-23(21)5-9-25(10-6-23)17-18-13-19(28-2)15-20(14-18)29-3/h13-15,21H,4-12,16-17H2,1-3H3. The van der Waals surface area contributed by atoms with Crippen molar-refractivity contribution in [2.75, 3.05) is 60.5 Å². The SMILES string of the molecule is COc1cc(CN2CCC3(CC2)CC3C(=O)N2CCCN(C)CC2)cc(OC)c1. The Kier molecular flexibility index (Phi) is 6.02. The highest BCUT2D eigenvalue weighted by atomic mass is 16.5. The van der Waals surface area contributed by atoms with Crippen LogP contribution in [-0.4, -0.2) is 81.1 Å². The summed E-state index contributed by atoms with van der Waals surface area (Å²) < 4.78 is 10.8. The number of amides is 1. The maximum absolute atomic E-state index is 13.1. The van der Waals surface area contributed by atoms with E-state index in [-0.39, 0.29) is 11.3 Å². The monoisotopic (exact) mass is 401 g/mol. The maximum atomic E-state index is 13.1. The lowest BCUT2D eigenvalue weighted by atomic mass is 9.90. The fourth-order valence-electron chi connectivity index (χ4n) is 5.11. The molecular formula is C23H35N3O3. The normalized spacial score (nSPS) is 24.9. The van der Waals surface area contributed by atoms with E-state index in [2.05, 4.69) is 33.9 Å². The van der Waals surface area contributed by atoms with E-state index in [4.69, 9.17) is 9.47 Å². The first kappa shape index (κ1) is 20.5. The van der Waals surface area contributed by atoms with Gasteiger partial charge >= 0.3 is 0 Å². The van der Waals surface area contributed by atoms with E-state index in [1.54, 1.807) is 14.2 Å². The zero-order valence-corrected chi connectivity index (χ0v) is 18.2. The van der Waals surface area contributed by atoms with Crippen LogP contribution in [0, 0.1) is 11.3 Å². The summed E-state index contributed by atoms with van der Waals surface area (Å²) in [5.74, 6) is 2.36. The fraction of sp³-hybridized carbons (Fsp3) is 0.696. The largest absolute Gasteiger partial charge is 0.497 e. The minimum Gasteiger partial charge on any atom is -0.497 e. The molecule has 0 bridgehead atoms. The third-order valence-corrected chi connectivity index (χ3v) is 7.19. The van der Waals surface area contributed by atoms with Crippen LogP contribution in [0.25, 0.3) is 0 Å². The molecule has 1 amide bonds. The van der Waals surface area contributed by atoms with Gasteiger partial charge in [0.15, 0.2) is 0 Å². The minimum absolute atomic E-state index is 0.268. The summed E-state index contributed by atoms with van der Waals surface area (Å²) in [5.41, 5.74) is 1.49. The van der Waals surface area contributed by atoms with Gasteiger partial charge in [0, 0.05) is 38.2 Å². The van der Waals surface area contributed by atoms with Gasteiger partial charge in [-0.05, 0) is 75.5 Å². The predicted molar refractivity (Wildman–Crippen MR) is 113 cm³/mol. The highest BCUT2D eigenvalue weighted by Crippen LogP contribution is 2.60. The van der Waals surface area contributed by atoms with Crippen molar-refractivity contribution >= 4 is 5.91 Å². The third-order valence-electron chi connectivity index (χ3n) is 7.19. The second-order valence-electron chi connectivity index (χ2n) is 9.10. The molecule has 1 saturated carbocycles. The Balaban J connectivity index is 1.30. The number of nitrogens with zero attached hydrogens (tertiary/aromatic N) is 3. The lowest BCUT2D eigenvalue weighted by Gasteiger charge is -2.33. The average Bonchev–Trinajstić information content (AvgIpc) is 3.48. The van der Waals surface area contributed by atoms with Crippen LogP contribution in [0.5, 0.6) is 11.5 Å². The number of hydrogen-bond acceptors (Lipinski definition) is 5. The molecule has 0 radical (unpaired) electrons. The molecular weight excluding hydrogens is 366 g/mol. The maximum Gasteiger partial charge on any atom is 0.226 e. The van der Waals surface area contributed by atoms with Crippen LogP contribution < -0.4 is 9.47 Å². The van der Waals surface area contributed by atoms with E-state index in [0.717, 1.165) is 83.0 Å². The van der Waals surface area contributed by atoms with Crippen LogP contribution in [0.4, 0.5) is 0 Å². The molecule has 1 unspecified atom stereocenters. The van der Waals surface area contributed by atoms with Crippen LogP contribution in [0.3, 0.4) is 0 Å². The van der Waals surface area contributed by atoms with Crippen molar-refractivity contribution in [3.63, 3.8) is 0 Å². The molecule has 29 heavy (non-hydrogen) atoms. The molecule has 1 spiro atoms. The fourth-order valence-corrected chi connectivity index (χ4v) is 5.11. The Bertz CT molecular complexity index is 708. The first-order chi connectivity index (χ1) is 14.0. The zero-order valence-electron chi connectivity index (χ0n) is 18.2. The van der Waals surface area contributed by atoms with Gasteiger partial charge in [-0.3, -0.25) is 9.69 Å². The first-order valence-electron chi connectivity index (χ1n) is 10.9. The summed E-state index contributed by atoms with van der Waals surface area (Å²) >= 11 is 0. The van der Waals surface area contributed by atoms with Crippen molar-refractivity contribution < 1.29 is 14.3 Å². The van der Waals surface area contributed by atoms with Crippen molar-refractivity contribution in [3.05, 3.63) is 23.8 Å². The topological polar surface area (TPSA) is 45.2 Å². The molecule has 1 aromatic carbocycles. The number of hydrogen-bond donors (Lipinski definition) is 0. The van der Waals surface area contributed by atoms with Gasteiger partial charge in [-0.25, -0.2) is 0 Å². The number of methoxy groups -OCH3 is 2. The van der Waals surface area contributed by atoms with Gasteiger partial charge in [-0.2, -0.15) is 0 Å². The molecule has 0 N–H and O–H groups in total. The van der Waals surface area contributed by atoms with Gasteiger partial charge in [0.1, 0.15) is 11.5 Å². The first-order valence-corrected chi connectivity index (χ1v) is 10.9. The van der Waals surface area contributed by atoms with Gasteiger partial charge in [0.25, 0.3) is 0 Å². The van der Waals surface area contributed by atoms with E-state index in [9.17, 15) is 4.79 Å². The van der Waals surface area contributed by atoms with E-state index < -0.39 is 0 Å². The summed E-state index contributed by atoms with van der Waals surface area (Å²) in [6, 6.07) is 6.09. The van der Waals surface area contributed by atoms with Crippen molar-refractivity contribution in [2.24, 2.45) is 11.3 Å². The minimum atomic E-state index is 0.268. The number of carbonyl (C=O) groups is 1. The second kappa shape index (κ2) is 8.52. The third kappa shape index (κ3) is 4.53. The summed E-state index contributed by atoms with van der Waals surface area (Å²) in [5, 5.41) is 0. The molecule has 6 nitrogen and oxygen atoms in total. The van der Waals surface area contributed by atoms with Crippen LogP contribution in [-0.2, 0) is 11.3 Å². The molecule has 3 fully saturated rings. The second-order valence-corrected chi connectivity index (χ2v) is 9.10. The van der Waals surface area contributed by atoms with Gasteiger partial charge < -0.3 is 19.3 Å². The van der Waals surface area contributed by atoms with E-state index >= 15 is 0 Å². The number of likely N-dealkylation sites (N-methyl/N-ethyl adjacent to an activating group) is 1. The molecule has 1 aromatic rings.